The largest absolute Gasteiger partial charge is 0.324 e. The summed E-state index contributed by atoms with van der Waals surface area (Å²) >= 11 is 0. The number of hydrogen-bond donors (Lipinski definition) is 2. The van der Waals surface area contributed by atoms with E-state index in [9.17, 15) is 4.79 Å². The monoisotopic (exact) mass is 353 g/mol. The molecular formula is C18H23N7O. The highest BCUT2D eigenvalue weighted by Crippen LogP contribution is 2.19. The second-order valence-corrected chi connectivity index (χ2v) is 6.54. The summed E-state index contributed by atoms with van der Waals surface area (Å²) in [5, 5.41) is 23.1. The van der Waals surface area contributed by atoms with Gasteiger partial charge in [-0.1, -0.05) is 5.21 Å². The summed E-state index contributed by atoms with van der Waals surface area (Å²) in [5.41, 5.74) is 2.19. The zero-order chi connectivity index (χ0) is 18.4. The van der Waals surface area contributed by atoms with Crippen molar-refractivity contribution in [2.24, 2.45) is 5.92 Å². The highest BCUT2D eigenvalue weighted by molar-refractivity contribution is 5.89. The minimum absolute atomic E-state index is 0.103. The number of urea groups is 1. The fourth-order valence-corrected chi connectivity index (χ4v) is 3.18. The number of amides is 2. The van der Waals surface area contributed by atoms with Gasteiger partial charge in [-0.05, 0) is 50.1 Å². The molecule has 2 amide bonds. The van der Waals surface area contributed by atoms with E-state index in [0.717, 1.165) is 31.6 Å². The van der Waals surface area contributed by atoms with Gasteiger partial charge in [0.15, 0.2) is 0 Å². The smallest absolute Gasteiger partial charge is 0.321 e. The van der Waals surface area contributed by atoms with E-state index in [4.69, 9.17) is 5.26 Å². The van der Waals surface area contributed by atoms with Gasteiger partial charge < -0.3 is 15.5 Å². The molecule has 0 unspecified atom stereocenters. The molecule has 8 heteroatoms. The summed E-state index contributed by atoms with van der Waals surface area (Å²) in [6, 6.07) is 8.85. The molecule has 2 N–H and O–H groups in total. The van der Waals surface area contributed by atoms with Gasteiger partial charge in [0, 0.05) is 38.1 Å². The number of nitrogens with zero attached hydrogens (tertiary/aromatic N) is 5. The molecule has 0 spiro atoms. The average molecular weight is 353 g/mol. The van der Waals surface area contributed by atoms with E-state index in [1.54, 1.807) is 24.3 Å². The van der Waals surface area contributed by atoms with Crippen LogP contribution >= 0.6 is 0 Å². The van der Waals surface area contributed by atoms with E-state index in [-0.39, 0.29) is 6.03 Å². The minimum atomic E-state index is -0.103. The normalized spacial score (nSPS) is 16.9. The number of hydrogen-bond acceptors (Lipinski definition) is 5. The van der Waals surface area contributed by atoms with Crippen LogP contribution in [0.4, 0.5) is 10.5 Å². The Kier molecular flexibility index (Phi) is 5.81. The molecule has 0 bridgehead atoms. The van der Waals surface area contributed by atoms with E-state index in [1.165, 1.54) is 0 Å². The maximum atomic E-state index is 12.5. The van der Waals surface area contributed by atoms with Gasteiger partial charge in [0.2, 0.25) is 0 Å². The fraction of sp³-hybridized carbons (Fsp3) is 0.444. The highest BCUT2D eigenvalue weighted by atomic mass is 16.2. The summed E-state index contributed by atoms with van der Waals surface area (Å²) in [5.74, 6) is 0.361. The van der Waals surface area contributed by atoms with Gasteiger partial charge in [-0.25, -0.2) is 4.79 Å². The van der Waals surface area contributed by atoms with Crippen LogP contribution in [0.2, 0.25) is 0 Å². The molecule has 8 nitrogen and oxygen atoms in total. The van der Waals surface area contributed by atoms with Crippen molar-refractivity contribution in [2.75, 3.05) is 25.5 Å². The van der Waals surface area contributed by atoms with E-state index >= 15 is 0 Å². The van der Waals surface area contributed by atoms with Crippen LogP contribution in [0.25, 0.3) is 0 Å². The third-order valence-corrected chi connectivity index (χ3v) is 4.46. The number of likely N-dealkylation sites (tertiary alicyclic amines) is 1. The quantitative estimate of drug-likeness (QED) is 0.854. The molecular weight excluding hydrogens is 330 g/mol. The van der Waals surface area contributed by atoms with Gasteiger partial charge in [0.1, 0.15) is 0 Å². The molecule has 3 rings (SSSR count). The lowest BCUT2D eigenvalue weighted by molar-refractivity contribution is 0.168. The Morgan fingerprint density at radius 3 is 2.92 bits per heavy atom. The molecule has 1 saturated heterocycles. The third kappa shape index (κ3) is 4.58. The van der Waals surface area contributed by atoms with Gasteiger partial charge in [-0.3, -0.25) is 4.68 Å². The molecule has 26 heavy (non-hydrogen) atoms. The first-order chi connectivity index (χ1) is 12.7. The number of carbonyl (C=O) groups is 1. The lowest BCUT2D eigenvalue weighted by atomic mass is 9.98. The first-order valence-electron chi connectivity index (χ1n) is 8.77. The molecule has 0 aliphatic carbocycles. The standard InChI is InChI=1S/C18H23N7O/c1-20-10-17-13-25(23-22-17)12-15-3-2-8-24(11-15)18(26)21-16-6-4-14(9-19)5-7-16/h4-7,13,15,20H,2-3,8,10-12H2,1H3,(H,21,26)/t15-/m1/s1. The molecule has 1 aromatic heterocycles. The van der Waals surface area contributed by atoms with E-state index < -0.39 is 0 Å². The first kappa shape index (κ1) is 17.9. The van der Waals surface area contributed by atoms with Gasteiger partial charge in [-0.15, -0.1) is 5.10 Å². The van der Waals surface area contributed by atoms with Gasteiger partial charge >= 0.3 is 6.03 Å². The Bertz CT molecular complexity index is 778. The van der Waals surface area contributed by atoms with Crippen molar-refractivity contribution in [3.63, 3.8) is 0 Å². The number of aromatic nitrogens is 3. The maximum absolute atomic E-state index is 12.5. The van der Waals surface area contributed by atoms with E-state index in [1.807, 2.05) is 22.8 Å². The van der Waals surface area contributed by atoms with Crippen molar-refractivity contribution >= 4 is 11.7 Å². The van der Waals surface area contributed by atoms with Crippen molar-refractivity contribution in [1.82, 2.24) is 25.2 Å². The predicted octanol–water partition coefficient (Wildman–Crippen LogP) is 1.81. The van der Waals surface area contributed by atoms with Crippen molar-refractivity contribution in [2.45, 2.75) is 25.9 Å². The Balaban J connectivity index is 1.54. The molecule has 2 heterocycles. The molecule has 1 aliphatic heterocycles. The van der Waals surface area contributed by atoms with Crippen LogP contribution in [0.3, 0.4) is 0 Å². The predicted molar refractivity (Wildman–Crippen MR) is 97.3 cm³/mol. The molecule has 0 radical (unpaired) electrons. The maximum Gasteiger partial charge on any atom is 0.321 e. The van der Waals surface area contributed by atoms with Crippen LogP contribution in [0.1, 0.15) is 24.1 Å². The molecule has 2 aromatic rings. The third-order valence-electron chi connectivity index (χ3n) is 4.46. The van der Waals surface area contributed by atoms with Crippen LogP contribution in [-0.2, 0) is 13.1 Å². The summed E-state index contributed by atoms with van der Waals surface area (Å²) < 4.78 is 1.86. The first-order valence-corrected chi connectivity index (χ1v) is 8.77. The number of benzene rings is 1. The molecule has 1 aromatic carbocycles. The molecule has 1 aliphatic rings. The Morgan fingerprint density at radius 1 is 1.38 bits per heavy atom. The van der Waals surface area contributed by atoms with Gasteiger partial charge in [-0.2, -0.15) is 5.26 Å². The molecule has 136 valence electrons. The zero-order valence-electron chi connectivity index (χ0n) is 14.9. The molecule has 0 saturated carbocycles. The second-order valence-electron chi connectivity index (χ2n) is 6.54. The number of piperidine rings is 1. The van der Waals surface area contributed by atoms with E-state index in [0.29, 0.717) is 30.3 Å². The van der Waals surface area contributed by atoms with Gasteiger partial charge in [0.25, 0.3) is 0 Å². The number of nitriles is 1. The van der Waals surface area contributed by atoms with Crippen LogP contribution in [0.5, 0.6) is 0 Å². The van der Waals surface area contributed by atoms with Crippen LogP contribution in [-0.4, -0.2) is 46.1 Å². The fourth-order valence-electron chi connectivity index (χ4n) is 3.18. The average Bonchev–Trinajstić information content (AvgIpc) is 3.10. The van der Waals surface area contributed by atoms with Crippen LogP contribution in [0.15, 0.2) is 30.5 Å². The lowest BCUT2D eigenvalue weighted by Gasteiger charge is -2.32. The SMILES string of the molecule is CNCc1cn(C[C@@H]2CCCN(C(=O)Nc3ccc(C#N)cc3)C2)nn1. The Hall–Kier alpha value is -2.92. The number of carbonyl (C=O) groups excluding carboxylic acids is 1. The van der Waals surface area contributed by atoms with Crippen molar-refractivity contribution in [1.29, 1.82) is 5.26 Å². The van der Waals surface area contributed by atoms with Crippen molar-refractivity contribution < 1.29 is 4.79 Å². The van der Waals surface area contributed by atoms with Gasteiger partial charge in [0.05, 0.1) is 17.3 Å². The highest BCUT2D eigenvalue weighted by Gasteiger charge is 2.24. The second kappa shape index (κ2) is 8.45. The Morgan fingerprint density at radius 2 is 2.19 bits per heavy atom. The summed E-state index contributed by atoms with van der Waals surface area (Å²) in [6.07, 6.45) is 4.00. The zero-order valence-corrected chi connectivity index (χ0v) is 14.9. The molecule has 1 atom stereocenters. The topological polar surface area (TPSA) is 98.9 Å². The number of rotatable bonds is 5. The van der Waals surface area contributed by atoms with Crippen molar-refractivity contribution in [3.05, 3.63) is 41.7 Å². The van der Waals surface area contributed by atoms with E-state index in [2.05, 4.69) is 27.0 Å². The van der Waals surface area contributed by atoms with Crippen LogP contribution in [0, 0.1) is 17.2 Å². The minimum Gasteiger partial charge on any atom is -0.324 e. The summed E-state index contributed by atoms with van der Waals surface area (Å²) in [7, 11) is 1.88. The lowest BCUT2D eigenvalue weighted by Crippen LogP contribution is -2.43. The molecule has 1 fully saturated rings. The number of nitrogens with one attached hydrogen (secondary N) is 2. The number of anilines is 1. The Labute approximate surface area is 152 Å². The van der Waals surface area contributed by atoms with Crippen LogP contribution < -0.4 is 10.6 Å². The summed E-state index contributed by atoms with van der Waals surface area (Å²) in [6.45, 7) is 2.91. The summed E-state index contributed by atoms with van der Waals surface area (Å²) in [4.78, 5) is 14.4. The van der Waals surface area contributed by atoms with Crippen molar-refractivity contribution in [3.8, 4) is 6.07 Å².